The molecule has 0 saturated heterocycles. The molecule has 1 heterocycles. The fourth-order valence-corrected chi connectivity index (χ4v) is 1.92. The third-order valence-corrected chi connectivity index (χ3v) is 2.69. The topological polar surface area (TPSA) is 63.2 Å². The number of methoxy groups -OCH3 is 1. The Morgan fingerprint density at radius 1 is 1.15 bits per heavy atom. The smallest absolute Gasteiger partial charge is 0.324 e. The summed E-state index contributed by atoms with van der Waals surface area (Å²) in [5.74, 6) is 1.13. The highest BCUT2D eigenvalue weighted by Crippen LogP contribution is 2.23. The van der Waals surface area contributed by atoms with E-state index in [1.54, 1.807) is 19.2 Å². The average molecular weight is 271 g/mol. The van der Waals surface area contributed by atoms with E-state index >= 15 is 0 Å². The van der Waals surface area contributed by atoms with Crippen molar-refractivity contribution >= 4 is 17.5 Å². The number of rotatable bonds is 3. The molecule has 0 aliphatic rings. The number of hydrogen-bond acceptors (Lipinski definition) is 3. The van der Waals surface area contributed by atoms with Gasteiger partial charge in [-0.25, -0.2) is 9.78 Å². The van der Waals surface area contributed by atoms with Crippen molar-refractivity contribution in [3.05, 3.63) is 47.7 Å². The highest BCUT2D eigenvalue weighted by atomic mass is 16.5. The normalized spacial score (nSPS) is 9.95. The molecule has 0 radical (unpaired) electrons. The maximum absolute atomic E-state index is 12.0. The molecular formula is C15H17N3O2. The van der Waals surface area contributed by atoms with Crippen LogP contribution in [0.25, 0.3) is 0 Å². The molecule has 1 aromatic carbocycles. The second-order valence-electron chi connectivity index (χ2n) is 4.45. The number of pyridine rings is 1. The standard InChI is InChI=1S/C15H17N3O2/c1-10-8-11(2)16-14(9-10)18-15(19)17-12-6-4-5-7-13(12)20-3/h4-9H,1-3H3,(H2,16,17,18,19). The van der Waals surface area contributed by atoms with Gasteiger partial charge in [0.15, 0.2) is 0 Å². The van der Waals surface area contributed by atoms with Crippen molar-refractivity contribution < 1.29 is 9.53 Å². The van der Waals surface area contributed by atoms with Crippen LogP contribution in [-0.4, -0.2) is 18.1 Å². The van der Waals surface area contributed by atoms with Gasteiger partial charge >= 0.3 is 6.03 Å². The number of anilines is 2. The molecule has 0 fully saturated rings. The minimum atomic E-state index is -0.355. The van der Waals surface area contributed by atoms with Crippen molar-refractivity contribution in [2.75, 3.05) is 17.7 Å². The van der Waals surface area contributed by atoms with E-state index in [-0.39, 0.29) is 6.03 Å². The van der Waals surface area contributed by atoms with Crippen LogP contribution >= 0.6 is 0 Å². The SMILES string of the molecule is COc1ccccc1NC(=O)Nc1cc(C)cc(C)n1. The first kappa shape index (κ1) is 13.9. The monoisotopic (exact) mass is 271 g/mol. The first-order valence-electron chi connectivity index (χ1n) is 6.25. The number of aromatic nitrogens is 1. The van der Waals surface area contributed by atoms with Crippen LogP contribution in [0, 0.1) is 13.8 Å². The van der Waals surface area contributed by atoms with Crippen LogP contribution in [0.15, 0.2) is 36.4 Å². The van der Waals surface area contributed by atoms with Crippen LogP contribution < -0.4 is 15.4 Å². The molecule has 0 atom stereocenters. The molecule has 20 heavy (non-hydrogen) atoms. The molecule has 0 aliphatic heterocycles. The van der Waals surface area contributed by atoms with Gasteiger partial charge in [0.05, 0.1) is 12.8 Å². The summed E-state index contributed by atoms with van der Waals surface area (Å²) < 4.78 is 5.18. The highest BCUT2D eigenvalue weighted by molar-refractivity contribution is 6.00. The maximum atomic E-state index is 12.0. The zero-order valence-electron chi connectivity index (χ0n) is 11.7. The Hall–Kier alpha value is -2.56. The molecule has 0 saturated carbocycles. The molecule has 2 rings (SSSR count). The minimum absolute atomic E-state index is 0.355. The number of nitrogens with zero attached hydrogens (tertiary/aromatic N) is 1. The lowest BCUT2D eigenvalue weighted by Gasteiger charge is -2.11. The van der Waals surface area contributed by atoms with Crippen molar-refractivity contribution in [2.24, 2.45) is 0 Å². The van der Waals surface area contributed by atoms with Crippen LogP contribution in [-0.2, 0) is 0 Å². The largest absolute Gasteiger partial charge is 0.495 e. The first-order chi connectivity index (χ1) is 9.58. The molecule has 0 aliphatic carbocycles. The lowest BCUT2D eigenvalue weighted by molar-refractivity contribution is 0.262. The number of ether oxygens (including phenoxy) is 1. The lowest BCUT2D eigenvalue weighted by atomic mass is 10.2. The third-order valence-electron chi connectivity index (χ3n) is 2.69. The van der Waals surface area contributed by atoms with Crippen molar-refractivity contribution in [1.29, 1.82) is 0 Å². The van der Waals surface area contributed by atoms with Crippen molar-refractivity contribution in [3.8, 4) is 5.75 Å². The van der Waals surface area contributed by atoms with E-state index in [4.69, 9.17) is 4.74 Å². The predicted octanol–water partition coefficient (Wildman–Crippen LogP) is 3.35. The number of amides is 2. The molecule has 1 aromatic heterocycles. The number of nitrogens with one attached hydrogen (secondary N) is 2. The van der Waals surface area contributed by atoms with E-state index < -0.39 is 0 Å². The number of carbonyl (C=O) groups excluding carboxylic acids is 1. The molecule has 0 unspecified atom stereocenters. The van der Waals surface area contributed by atoms with Gasteiger partial charge in [0.25, 0.3) is 0 Å². The number of para-hydroxylation sites is 2. The van der Waals surface area contributed by atoms with Gasteiger partial charge in [0.1, 0.15) is 11.6 Å². The summed E-state index contributed by atoms with van der Waals surface area (Å²) in [6.45, 7) is 3.84. The van der Waals surface area contributed by atoms with E-state index in [0.29, 0.717) is 17.3 Å². The van der Waals surface area contributed by atoms with E-state index in [1.165, 1.54) is 0 Å². The van der Waals surface area contributed by atoms with Gasteiger partial charge in [-0.3, -0.25) is 5.32 Å². The van der Waals surface area contributed by atoms with Crippen molar-refractivity contribution in [3.63, 3.8) is 0 Å². The molecule has 5 nitrogen and oxygen atoms in total. The van der Waals surface area contributed by atoms with Gasteiger partial charge < -0.3 is 10.1 Å². The number of carbonyl (C=O) groups is 1. The molecule has 104 valence electrons. The van der Waals surface area contributed by atoms with Crippen molar-refractivity contribution in [1.82, 2.24) is 4.98 Å². The molecule has 2 amide bonds. The van der Waals surface area contributed by atoms with E-state index in [2.05, 4.69) is 15.6 Å². The summed E-state index contributed by atoms with van der Waals surface area (Å²) >= 11 is 0. The number of hydrogen-bond donors (Lipinski definition) is 2. The molecule has 5 heteroatoms. The van der Waals surface area contributed by atoms with Crippen LogP contribution in [0.1, 0.15) is 11.3 Å². The predicted molar refractivity (Wildman–Crippen MR) is 79.3 cm³/mol. The summed E-state index contributed by atoms with van der Waals surface area (Å²) in [4.78, 5) is 16.2. The van der Waals surface area contributed by atoms with Crippen LogP contribution in [0.3, 0.4) is 0 Å². The Morgan fingerprint density at radius 2 is 1.90 bits per heavy atom. The Morgan fingerprint density at radius 3 is 2.60 bits per heavy atom. The highest BCUT2D eigenvalue weighted by Gasteiger charge is 2.07. The molecule has 2 N–H and O–H groups in total. The van der Waals surface area contributed by atoms with Gasteiger partial charge in [0.2, 0.25) is 0 Å². The Bertz CT molecular complexity index is 606. The maximum Gasteiger partial charge on any atom is 0.324 e. The molecule has 2 aromatic rings. The summed E-state index contributed by atoms with van der Waals surface area (Å²) in [6.07, 6.45) is 0. The Kier molecular flexibility index (Phi) is 4.20. The molecule has 0 bridgehead atoms. The zero-order valence-corrected chi connectivity index (χ0v) is 11.7. The number of aryl methyl sites for hydroxylation is 2. The summed E-state index contributed by atoms with van der Waals surface area (Å²) in [5.41, 5.74) is 2.51. The van der Waals surface area contributed by atoms with Gasteiger partial charge in [-0.1, -0.05) is 12.1 Å². The van der Waals surface area contributed by atoms with Gasteiger partial charge in [-0.15, -0.1) is 0 Å². The van der Waals surface area contributed by atoms with Crippen molar-refractivity contribution in [2.45, 2.75) is 13.8 Å². The van der Waals surface area contributed by atoms with Crippen LogP contribution in [0.4, 0.5) is 16.3 Å². The van der Waals surface area contributed by atoms with Gasteiger partial charge in [-0.2, -0.15) is 0 Å². The number of urea groups is 1. The summed E-state index contributed by atoms with van der Waals surface area (Å²) in [6, 6.07) is 10.6. The lowest BCUT2D eigenvalue weighted by Crippen LogP contribution is -2.20. The summed E-state index contributed by atoms with van der Waals surface area (Å²) in [5, 5.41) is 5.44. The average Bonchev–Trinajstić information content (AvgIpc) is 2.37. The third kappa shape index (κ3) is 3.47. The Labute approximate surface area is 118 Å². The Balaban J connectivity index is 2.09. The second kappa shape index (κ2) is 6.06. The summed E-state index contributed by atoms with van der Waals surface area (Å²) in [7, 11) is 1.56. The first-order valence-corrected chi connectivity index (χ1v) is 6.25. The molecular weight excluding hydrogens is 254 g/mol. The second-order valence-corrected chi connectivity index (χ2v) is 4.45. The van der Waals surface area contributed by atoms with E-state index in [0.717, 1.165) is 11.3 Å². The van der Waals surface area contributed by atoms with Crippen LogP contribution in [0.2, 0.25) is 0 Å². The van der Waals surface area contributed by atoms with E-state index in [9.17, 15) is 4.79 Å². The van der Waals surface area contributed by atoms with E-state index in [1.807, 2.05) is 38.1 Å². The number of benzene rings is 1. The molecule has 0 spiro atoms. The van der Waals surface area contributed by atoms with Gasteiger partial charge in [0, 0.05) is 5.69 Å². The fraction of sp³-hybridized carbons (Fsp3) is 0.200. The fourth-order valence-electron chi connectivity index (χ4n) is 1.92. The minimum Gasteiger partial charge on any atom is -0.495 e. The zero-order chi connectivity index (χ0) is 14.5. The quantitative estimate of drug-likeness (QED) is 0.899. The van der Waals surface area contributed by atoms with Gasteiger partial charge in [-0.05, 0) is 43.7 Å². The van der Waals surface area contributed by atoms with Crippen LogP contribution in [0.5, 0.6) is 5.75 Å².